The average molecular weight is 406 g/mol. The lowest BCUT2D eigenvalue weighted by molar-refractivity contribution is -0.128. The highest BCUT2D eigenvalue weighted by Gasteiger charge is 2.21. The first-order valence-corrected chi connectivity index (χ1v) is 10.0. The minimum absolute atomic E-state index is 0.0130. The van der Waals surface area contributed by atoms with Gasteiger partial charge in [-0.05, 0) is 44.2 Å². The molecule has 2 N–H and O–H groups in total. The van der Waals surface area contributed by atoms with Crippen molar-refractivity contribution in [2.75, 3.05) is 18.4 Å². The minimum Gasteiger partial charge on any atom is -0.495 e. The Morgan fingerprint density at radius 2 is 1.82 bits per heavy atom. The Balaban J connectivity index is 2.21. The highest BCUT2D eigenvalue weighted by atomic mass is 32.2. The largest absolute Gasteiger partial charge is 0.495 e. The van der Waals surface area contributed by atoms with E-state index in [1.54, 1.807) is 31.2 Å². The van der Waals surface area contributed by atoms with E-state index in [-0.39, 0.29) is 16.1 Å². The van der Waals surface area contributed by atoms with Gasteiger partial charge in [0.05, 0.1) is 23.3 Å². The van der Waals surface area contributed by atoms with Gasteiger partial charge in [0.2, 0.25) is 0 Å². The number of methoxy groups -OCH3 is 1. The molecule has 0 aliphatic rings. The molecule has 0 aromatic heterocycles. The van der Waals surface area contributed by atoms with Gasteiger partial charge < -0.3 is 14.8 Å². The first kappa shape index (κ1) is 21.2. The van der Waals surface area contributed by atoms with E-state index in [0.717, 1.165) is 0 Å². The monoisotopic (exact) mass is 406 g/mol. The maximum Gasteiger partial charge on any atom is 0.338 e. The van der Waals surface area contributed by atoms with Gasteiger partial charge in [0, 0.05) is 6.54 Å². The number of amides is 1. The number of sulfonamides is 1. The van der Waals surface area contributed by atoms with Crippen molar-refractivity contribution in [3.8, 4) is 5.75 Å². The lowest BCUT2D eigenvalue weighted by Gasteiger charge is -2.14. The van der Waals surface area contributed by atoms with Crippen molar-refractivity contribution in [1.82, 2.24) is 5.32 Å². The number of anilines is 1. The molecule has 0 fully saturated rings. The van der Waals surface area contributed by atoms with Crippen molar-refractivity contribution in [1.29, 1.82) is 0 Å². The second-order valence-corrected chi connectivity index (χ2v) is 7.46. The first-order valence-electron chi connectivity index (χ1n) is 8.53. The number of carbonyl (C=O) groups is 2. The molecule has 2 aromatic carbocycles. The lowest BCUT2D eigenvalue weighted by atomic mass is 10.2. The molecule has 0 saturated heterocycles. The van der Waals surface area contributed by atoms with Crippen LogP contribution in [0.4, 0.5) is 5.69 Å². The van der Waals surface area contributed by atoms with Crippen LogP contribution >= 0.6 is 0 Å². The number of esters is 1. The Labute approximate surface area is 163 Å². The fraction of sp³-hybridized carbons (Fsp3) is 0.263. The number of hydrogen-bond acceptors (Lipinski definition) is 6. The topological polar surface area (TPSA) is 111 Å². The van der Waals surface area contributed by atoms with Crippen LogP contribution in [0.2, 0.25) is 0 Å². The van der Waals surface area contributed by atoms with Gasteiger partial charge in [-0.15, -0.1) is 0 Å². The van der Waals surface area contributed by atoms with Gasteiger partial charge in [-0.25, -0.2) is 13.2 Å². The number of benzene rings is 2. The number of hydrogen-bond donors (Lipinski definition) is 2. The minimum atomic E-state index is -3.97. The van der Waals surface area contributed by atoms with Crippen LogP contribution in [-0.4, -0.2) is 40.1 Å². The molecule has 0 radical (unpaired) electrons. The van der Waals surface area contributed by atoms with E-state index in [1.807, 2.05) is 0 Å². The summed E-state index contributed by atoms with van der Waals surface area (Å²) >= 11 is 0. The summed E-state index contributed by atoms with van der Waals surface area (Å²) in [4.78, 5) is 23.8. The van der Waals surface area contributed by atoms with Crippen molar-refractivity contribution in [3.05, 3.63) is 54.1 Å². The number of nitrogens with one attached hydrogen (secondary N) is 2. The zero-order valence-electron chi connectivity index (χ0n) is 15.8. The van der Waals surface area contributed by atoms with Gasteiger partial charge in [-0.3, -0.25) is 9.52 Å². The van der Waals surface area contributed by atoms with E-state index >= 15 is 0 Å². The molecule has 0 bridgehead atoms. The Morgan fingerprint density at radius 1 is 1.11 bits per heavy atom. The summed E-state index contributed by atoms with van der Waals surface area (Å²) in [6, 6.07) is 11.9. The van der Waals surface area contributed by atoms with Gasteiger partial charge in [0.1, 0.15) is 5.75 Å². The maximum absolute atomic E-state index is 12.7. The second kappa shape index (κ2) is 9.23. The number of carbonyl (C=O) groups excluding carboxylic acids is 2. The van der Waals surface area contributed by atoms with Crippen molar-refractivity contribution in [2.24, 2.45) is 0 Å². The van der Waals surface area contributed by atoms with Crippen LogP contribution in [0.15, 0.2) is 53.4 Å². The summed E-state index contributed by atoms with van der Waals surface area (Å²) in [7, 11) is -2.54. The van der Waals surface area contributed by atoms with E-state index in [1.165, 1.54) is 38.3 Å². The standard InChI is InChI=1S/C19H22N2O6S/c1-4-20-18(22)13(2)27-19(23)14-8-7-9-15(12-14)28(24,25)21-16-10-5-6-11-17(16)26-3/h5-13,21H,4H2,1-3H3,(H,20,22)/t13-/m0/s1. The fourth-order valence-corrected chi connectivity index (χ4v) is 3.44. The normalized spacial score (nSPS) is 12.0. The van der Waals surface area contributed by atoms with Crippen LogP contribution in [0.5, 0.6) is 5.75 Å². The Bertz CT molecular complexity index is 958. The summed E-state index contributed by atoms with van der Waals surface area (Å²) in [6.45, 7) is 3.59. The van der Waals surface area contributed by atoms with Crippen molar-refractivity contribution >= 4 is 27.6 Å². The predicted octanol–water partition coefficient (Wildman–Crippen LogP) is 2.18. The van der Waals surface area contributed by atoms with Crippen LogP contribution < -0.4 is 14.8 Å². The zero-order valence-corrected chi connectivity index (χ0v) is 16.6. The third-order valence-corrected chi connectivity index (χ3v) is 5.10. The molecule has 1 amide bonds. The molecular weight excluding hydrogens is 384 g/mol. The van der Waals surface area contributed by atoms with Gasteiger partial charge in [0.15, 0.2) is 6.10 Å². The Kier molecular flexibility index (Phi) is 7.00. The van der Waals surface area contributed by atoms with Crippen molar-refractivity contribution in [3.63, 3.8) is 0 Å². The first-order chi connectivity index (χ1) is 13.3. The smallest absolute Gasteiger partial charge is 0.338 e. The number of para-hydroxylation sites is 2. The fourth-order valence-electron chi connectivity index (χ4n) is 2.32. The Hall–Kier alpha value is -3.07. The highest BCUT2D eigenvalue weighted by molar-refractivity contribution is 7.92. The molecule has 0 aliphatic heterocycles. The number of likely N-dealkylation sites (N-methyl/N-ethyl adjacent to an activating group) is 1. The van der Waals surface area contributed by atoms with Gasteiger partial charge >= 0.3 is 5.97 Å². The molecule has 0 heterocycles. The van der Waals surface area contributed by atoms with E-state index in [2.05, 4.69) is 10.0 Å². The van der Waals surface area contributed by atoms with E-state index in [9.17, 15) is 18.0 Å². The molecule has 0 spiro atoms. The summed E-state index contributed by atoms with van der Waals surface area (Å²) < 4.78 is 38.0. The predicted molar refractivity (Wildman–Crippen MR) is 104 cm³/mol. The van der Waals surface area contributed by atoms with Gasteiger partial charge in [-0.1, -0.05) is 18.2 Å². The molecule has 2 aromatic rings. The van der Waals surface area contributed by atoms with Crippen LogP contribution in [0.3, 0.4) is 0 Å². The molecular formula is C19H22N2O6S. The van der Waals surface area contributed by atoms with Crippen molar-refractivity contribution < 1.29 is 27.5 Å². The summed E-state index contributed by atoms with van der Waals surface area (Å²) in [5, 5.41) is 2.54. The molecule has 1 atom stereocenters. The summed E-state index contributed by atoms with van der Waals surface area (Å²) in [5.74, 6) is -0.872. The third kappa shape index (κ3) is 5.23. The number of ether oxygens (including phenoxy) is 2. The quantitative estimate of drug-likeness (QED) is 0.650. The molecule has 8 nitrogen and oxygen atoms in total. The zero-order chi connectivity index (χ0) is 20.7. The molecule has 0 unspecified atom stereocenters. The summed E-state index contributed by atoms with van der Waals surface area (Å²) in [6.07, 6.45) is -1.00. The molecule has 0 aliphatic carbocycles. The Morgan fingerprint density at radius 3 is 2.50 bits per heavy atom. The number of rotatable bonds is 8. The molecule has 9 heteroatoms. The lowest BCUT2D eigenvalue weighted by Crippen LogP contribution is -2.35. The maximum atomic E-state index is 12.7. The van der Waals surface area contributed by atoms with Gasteiger partial charge in [0.25, 0.3) is 15.9 Å². The van der Waals surface area contributed by atoms with Crippen LogP contribution in [0, 0.1) is 0 Å². The SMILES string of the molecule is CCNC(=O)[C@H](C)OC(=O)c1cccc(S(=O)(=O)Nc2ccccc2OC)c1. The summed E-state index contributed by atoms with van der Waals surface area (Å²) in [5.41, 5.74) is 0.280. The van der Waals surface area contributed by atoms with E-state index < -0.39 is 28.0 Å². The van der Waals surface area contributed by atoms with Gasteiger partial charge in [-0.2, -0.15) is 0 Å². The molecule has 28 heavy (non-hydrogen) atoms. The average Bonchev–Trinajstić information content (AvgIpc) is 2.68. The van der Waals surface area contributed by atoms with E-state index in [0.29, 0.717) is 12.3 Å². The van der Waals surface area contributed by atoms with E-state index in [4.69, 9.17) is 9.47 Å². The van der Waals surface area contributed by atoms with Crippen molar-refractivity contribution in [2.45, 2.75) is 24.8 Å². The molecule has 2 rings (SSSR count). The van der Waals surface area contributed by atoms with Crippen LogP contribution in [0.1, 0.15) is 24.2 Å². The third-order valence-electron chi connectivity index (χ3n) is 3.74. The van der Waals surface area contributed by atoms with Crippen LogP contribution in [0.25, 0.3) is 0 Å². The molecule has 0 saturated carbocycles. The second-order valence-electron chi connectivity index (χ2n) is 5.78. The molecule has 150 valence electrons. The highest BCUT2D eigenvalue weighted by Crippen LogP contribution is 2.26. The van der Waals surface area contributed by atoms with Crippen LogP contribution in [-0.2, 0) is 19.6 Å².